The Balaban J connectivity index is 1.32. The molecule has 0 fully saturated rings. The standard InChI is InChI=1S/C27H29N5O4S/c1-18(2)26(32-37(34,35)22-14-8-19(3)9-15-22)27(33)31-28-16-20-10-12-21(13-11-20)36-17-25-29-23-6-4-5-7-24(23)30-25/h4-16,18,26,32H,17H2,1-3H3,(H,29,30)(H,31,33)/b28-16-/t26-/m0/s1. The molecule has 0 aliphatic carbocycles. The van der Waals surface area contributed by atoms with Crippen LogP contribution in [0.5, 0.6) is 5.75 Å². The zero-order valence-electron chi connectivity index (χ0n) is 20.8. The molecule has 4 aromatic rings. The zero-order valence-corrected chi connectivity index (χ0v) is 21.6. The maximum Gasteiger partial charge on any atom is 0.258 e. The number of amides is 1. The monoisotopic (exact) mass is 519 g/mol. The first-order chi connectivity index (χ1) is 17.7. The number of nitrogens with one attached hydrogen (secondary N) is 3. The van der Waals surface area contributed by atoms with Crippen LogP contribution in [0.2, 0.25) is 0 Å². The number of H-pyrrole nitrogens is 1. The average Bonchev–Trinajstić information content (AvgIpc) is 3.30. The lowest BCUT2D eigenvalue weighted by atomic mass is 10.1. The number of carbonyl (C=O) groups is 1. The molecule has 1 atom stereocenters. The van der Waals surface area contributed by atoms with Crippen LogP contribution in [0, 0.1) is 12.8 Å². The van der Waals surface area contributed by atoms with Crippen LogP contribution in [-0.4, -0.2) is 36.5 Å². The van der Waals surface area contributed by atoms with Gasteiger partial charge in [0.1, 0.15) is 24.2 Å². The highest BCUT2D eigenvalue weighted by Gasteiger charge is 2.28. The Labute approximate surface area is 216 Å². The van der Waals surface area contributed by atoms with E-state index < -0.39 is 22.0 Å². The molecule has 0 bridgehead atoms. The number of ether oxygens (including phenoxy) is 1. The molecule has 9 nitrogen and oxygen atoms in total. The maximum absolute atomic E-state index is 12.7. The smallest absolute Gasteiger partial charge is 0.258 e. The summed E-state index contributed by atoms with van der Waals surface area (Å²) in [7, 11) is -3.86. The Morgan fingerprint density at radius 3 is 2.43 bits per heavy atom. The molecule has 0 unspecified atom stereocenters. The predicted octanol–water partition coefficient (Wildman–Crippen LogP) is 3.90. The summed E-state index contributed by atoms with van der Waals surface area (Å²) in [5.74, 6) is 0.547. The minimum Gasteiger partial charge on any atom is -0.486 e. The molecule has 1 heterocycles. The molecule has 0 radical (unpaired) electrons. The SMILES string of the molecule is Cc1ccc(S(=O)(=O)N[C@H](C(=O)N/N=C\c2ccc(OCc3nc4ccccc4[nH]3)cc2)C(C)C)cc1. The fourth-order valence-corrected chi connectivity index (χ4v) is 4.90. The third-order valence-corrected chi connectivity index (χ3v) is 7.10. The first kappa shape index (κ1) is 26.1. The van der Waals surface area contributed by atoms with E-state index in [1.165, 1.54) is 18.3 Å². The fraction of sp³-hybridized carbons (Fsp3) is 0.222. The van der Waals surface area contributed by atoms with Gasteiger partial charge in [-0.3, -0.25) is 4.79 Å². The Morgan fingerprint density at radius 2 is 1.76 bits per heavy atom. The van der Waals surface area contributed by atoms with Gasteiger partial charge in [0.25, 0.3) is 5.91 Å². The third kappa shape index (κ3) is 6.81. The number of para-hydroxylation sites is 2. The second-order valence-corrected chi connectivity index (χ2v) is 10.7. The quantitative estimate of drug-likeness (QED) is 0.216. The van der Waals surface area contributed by atoms with E-state index in [0.29, 0.717) is 12.4 Å². The van der Waals surface area contributed by atoms with Gasteiger partial charge in [-0.05, 0) is 66.9 Å². The van der Waals surface area contributed by atoms with Crippen molar-refractivity contribution >= 4 is 33.2 Å². The number of rotatable bonds is 10. The van der Waals surface area contributed by atoms with E-state index in [1.54, 1.807) is 50.2 Å². The van der Waals surface area contributed by atoms with Crippen LogP contribution < -0.4 is 14.9 Å². The average molecular weight is 520 g/mol. The van der Waals surface area contributed by atoms with Gasteiger partial charge in [0.2, 0.25) is 10.0 Å². The van der Waals surface area contributed by atoms with Crippen molar-refractivity contribution in [2.24, 2.45) is 11.0 Å². The van der Waals surface area contributed by atoms with Gasteiger partial charge in [0.15, 0.2) is 0 Å². The molecule has 10 heteroatoms. The number of imidazole rings is 1. The second-order valence-electron chi connectivity index (χ2n) is 8.95. The highest BCUT2D eigenvalue weighted by atomic mass is 32.2. The van der Waals surface area contributed by atoms with Gasteiger partial charge in [-0.1, -0.05) is 43.7 Å². The Hall–Kier alpha value is -4.02. The highest BCUT2D eigenvalue weighted by molar-refractivity contribution is 7.89. The van der Waals surface area contributed by atoms with E-state index in [0.717, 1.165) is 28.0 Å². The van der Waals surface area contributed by atoms with E-state index in [9.17, 15) is 13.2 Å². The number of aromatic amines is 1. The number of nitrogens with zero attached hydrogens (tertiary/aromatic N) is 2. The fourth-order valence-electron chi connectivity index (χ4n) is 3.56. The predicted molar refractivity (Wildman–Crippen MR) is 143 cm³/mol. The lowest BCUT2D eigenvalue weighted by molar-refractivity contribution is -0.123. The van der Waals surface area contributed by atoms with Gasteiger partial charge in [-0.25, -0.2) is 18.8 Å². The largest absolute Gasteiger partial charge is 0.486 e. The summed E-state index contributed by atoms with van der Waals surface area (Å²) in [6, 6.07) is 20.4. The Morgan fingerprint density at radius 1 is 1.05 bits per heavy atom. The van der Waals surface area contributed by atoms with E-state index in [4.69, 9.17) is 4.74 Å². The summed E-state index contributed by atoms with van der Waals surface area (Å²) in [6.07, 6.45) is 1.48. The summed E-state index contributed by atoms with van der Waals surface area (Å²) in [6.45, 7) is 5.69. The van der Waals surface area contributed by atoms with Crippen LogP contribution in [0.3, 0.4) is 0 Å². The summed E-state index contributed by atoms with van der Waals surface area (Å²) in [4.78, 5) is 20.5. The number of hydrazone groups is 1. The van der Waals surface area contributed by atoms with Crippen molar-refractivity contribution in [2.75, 3.05) is 0 Å². The number of hydrogen-bond acceptors (Lipinski definition) is 6. The van der Waals surface area contributed by atoms with Crippen molar-refractivity contribution in [1.29, 1.82) is 0 Å². The molecule has 4 rings (SSSR count). The van der Waals surface area contributed by atoms with Gasteiger partial charge in [-0.15, -0.1) is 0 Å². The minimum absolute atomic E-state index is 0.0997. The Bertz CT molecular complexity index is 1460. The first-order valence-electron chi connectivity index (χ1n) is 11.8. The Kier molecular flexibility index (Phi) is 8.00. The summed E-state index contributed by atoms with van der Waals surface area (Å²) < 4.78 is 33.7. The van der Waals surface area contributed by atoms with Crippen LogP contribution in [0.4, 0.5) is 0 Å². The maximum atomic E-state index is 12.7. The van der Waals surface area contributed by atoms with Crippen LogP contribution in [-0.2, 0) is 21.4 Å². The van der Waals surface area contributed by atoms with Gasteiger partial charge in [-0.2, -0.15) is 9.82 Å². The number of fused-ring (bicyclic) bond motifs is 1. The van der Waals surface area contributed by atoms with Crippen LogP contribution in [0.1, 0.15) is 30.8 Å². The lowest BCUT2D eigenvalue weighted by Crippen LogP contribution is -2.48. The summed E-state index contributed by atoms with van der Waals surface area (Å²) >= 11 is 0. The second kappa shape index (κ2) is 11.4. The molecule has 1 aromatic heterocycles. The van der Waals surface area contributed by atoms with Gasteiger partial charge in [0.05, 0.1) is 22.1 Å². The third-order valence-electron chi connectivity index (χ3n) is 5.64. The zero-order chi connectivity index (χ0) is 26.4. The van der Waals surface area contributed by atoms with Gasteiger partial charge < -0.3 is 9.72 Å². The summed E-state index contributed by atoms with van der Waals surface area (Å²) in [5, 5.41) is 3.99. The molecule has 0 saturated carbocycles. The lowest BCUT2D eigenvalue weighted by Gasteiger charge is -2.20. The highest BCUT2D eigenvalue weighted by Crippen LogP contribution is 2.16. The number of benzene rings is 3. The van der Waals surface area contributed by atoms with Crippen LogP contribution in [0.25, 0.3) is 11.0 Å². The van der Waals surface area contributed by atoms with Crippen LogP contribution >= 0.6 is 0 Å². The molecule has 3 N–H and O–H groups in total. The topological polar surface area (TPSA) is 126 Å². The van der Waals surface area contributed by atoms with E-state index >= 15 is 0 Å². The molecular weight excluding hydrogens is 490 g/mol. The number of carbonyl (C=O) groups excluding carboxylic acids is 1. The number of hydrogen-bond donors (Lipinski definition) is 3. The van der Waals surface area contributed by atoms with Crippen molar-refractivity contribution < 1.29 is 17.9 Å². The van der Waals surface area contributed by atoms with E-state index in [2.05, 4.69) is 25.2 Å². The first-order valence-corrected chi connectivity index (χ1v) is 13.3. The normalized spacial score (nSPS) is 12.8. The molecule has 1 amide bonds. The van der Waals surface area contributed by atoms with Crippen molar-refractivity contribution in [1.82, 2.24) is 20.1 Å². The van der Waals surface area contributed by atoms with Crippen molar-refractivity contribution in [2.45, 2.75) is 38.3 Å². The van der Waals surface area contributed by atoms with Gasteiger partial charge in [0, 0.05) is 0 Å². The van der Waals surface area contributed by atoms with Crippen molar-refractivity contribution in [3.05, 3.63) is 89.7 Å². The van der Waals surface area contributed by atoms with Crippen molar-refractivity contribution in [3.63, 3.8) is 0 Å². The molecule has 0 aliphatic rings. The minimum atomic E-state index is -3.86. The van der Waals surface area contributed by atoms with Crippen molar-refractivity contribution in [3.8, 4) is 5.75 Å². The van der Waals surface area contributed by atoms with E-state index in [1.807, 2.05) is 31.2 Å². The molecule has 0 saturated heterocycles. The molecule has 37 heavy (non-hydrogen) atoms. The molecule has 3 aromatic carbocycles. The molecule has 0 spiro atoms. The van der Waals surface area contributed by atoms with E-state index in [-0.39, 0.29) is 10.8 Å². The molecule has 0 aliphatic heterocycles. The molecular formula is C27H29N5O4S. The molecule has 192 valence electrons. The number of aromatic nitrogens is 2. The summed E-state index contributed by atoms with van der Waals surface area (Å²) in [5.41, 5.74) is 5.95. The number of sulfonamides is 1. The van der Waals surface area contributed by atoms with Gasteiger partial charge >= 0.3 is 0 Å². The number of aryl methyl sites for hydroxylation is 1. The van der Waals surface area contributed by atoms with Crippen LogP contribution in [0.15, 0.2) is 82.8 Å².